The predicted molar refractivity (Wildman–Crippen MR) is 98.3 cm³/mol. The van der Waals surface area contributed by atoms with Crippen molar-refractivity contribution in [2.45, 2.75) is 25.7 Å². The van der Waals surface area contributed by atoms with Gasteiger partial charge in [0.1, 0.15) is 0 Å². The summed E-state index contributed by atoms with van der Waals surface area (Å²) in [6, 6.07) is 6.63. The van der Waals surface area contributed by atoms with E-state index < -0.39 is 0 Å². The van der Waals surface area contributed by atoms with E-state index >= 15 is 0 Å². The van der Waals surface area contributed by atoms with Crippen LogP contribution in [0.25, 0.3) is 0 Å². The van der Waals surface area contributed by atoms with E-state index in [0.717, 1.165) is 26.2 Å². The second kappa shape index (κ2) is 8.25. The van der Waals surface area contributed by atoms with Crippen LogP contribution in [-0.4, -0.2) is 31.1 Å². The number of hydrogen-bond donors (Lipinski definition) is 1. The molecule has 1 heterocycles. The van der Waals surface area contributed by atoms with Crippen molar-refractivity contribution in [1.29, 1.82) is 0 Å². The maximum atomic E-state index is 4.05. The zero-order valence-electron chi connectivity index (χ0n) is 13.9. The summed E-state index contributed by atoms with van der Waals surface area (Å²) in [6.45, 7) is 14.6. The summed E-state index contributed by atoms with van der Waals surface area (Å²) in [4.78, 5) is 4.98. The molecule has 0 bridgehead atoms. The molecule has 1 aliphatic rings. The highest BCUT2D eigenvalue weighted by Gasteiger charge is 2.15. The Morgan fingerprint density at radius 1 is 1.27 bits per heavy atom. The van der Waals surface area contributed by atoms with Gasteiger partial charge in [-0.1, -0.05) is 48.2 Å². The lowest BCUT2D eigenvalue weighted by Crippen LogP contribution is -2.42. The van der Waals surface area contributed by atoms with Crippen LogP contribution in [0.1, 0.15) is 18.1 Å². The third kappa shape index (κ3) is 4.28. The molecular weight excluding hydrogens is 288 g/mol. The molecule has 0 atom stereocenters. The second-order valence-electron chi connectivity index (χ2n) is 5.56. The average Bonchev–Trinajstić information content (AvgIpc) is 2.53. The van der Waals surface area contributed by atoms with E-state index in [1.807, 2.05) is 17.8 Å². The standard InChI is InChI=1S/C19H26N2S/c1-5-7-17(21-12-10-20-11-13-21)18(6-2)22-19-9-8-15(3)14-16(19)4/h5-9,14,20H,2,10-13H2,1,3-4H3/b7-5-,18-17-. The van der Waals surface area contributed by atoms with Gasteiger partial charge in [0.2, 0.25) is 0 Å². The largest absolute Gasteiger partial charge is 0.368 e. The van der Waals surface area contributed by atoms with Gasteiger partial charge in [0.05, 0.1) is 5.70 Å². The number of nitrogens with one attached hydrogen (secondary N) is 1. The first-order valence-corrected chi connectivity index (χ1v) is 8.67. The van der Waals surface area contributed by atoms with Crippen LogP contribution in [-0.2, 0) is 0 Å². The van der Waals surface area contributed by atoms with Gasteiger partial charge in [-0.25, -0.2) is 0 Å². The van der Waals surface area contributed by atoms with Crippen LogP contribution < -0.4 is 5.32 Å². The molecule has 1 aromatic rings. The molecule has 1 aliphatic heterocycles. The maximum absolute atomic E-state index is 4.05. The molecule has 0 radical (unpaired) electrons. The lowest BCUT2D eigenvalue weighted by molar-refractivity contribution is 0.307. The maximum Gasteiger partial charge on any atom is 0.0505 e. The first-order chi connectivity index (χ1) is 10.7. The Bertz CT molecular complexity index is 581. The first-order valence-electron chi connectivity index (χ1n) is 7.86. The van der Waals surface area contributed by atoms with Gasteiger partial charge in [0, 0.05) is 36.0 Å². The van der Waals surface area contributed by atoms with Crippen LogP contribution in [0, 0.1) is 13.8 Å². The Balaban J connectivity index is 2.33. The normalized spacial score (nSPS) is 16.8. The third-order valence-electron chi connectivity index (χ3n) is 3.77. The lowest BCUT2D eigenvalue weighted by atomic mass is 10.2. The van der Waals surface area contributed by atoms with Gasteiger partial charge in [-0.3, -0.25) is 0 Å². The Morgan fingerprint density at radius 2 is 2.00 bits per heavy atom. The molecule has 3 heteroatoms. The zero-order chi connectivity index (χ0) is 15.9. The summed E-state index contributed by atoms with van der Waals surface area (Å²) >= 11 is 1.81. The minimum atomic E-state index is 1.04. The number of thioether (sulfide) groups is 1. The zero-order valence-corrected chi connectivity index (χ0v) is 14.7. The summed E-state index contributed by atoms with van der Waals surface area (Å²) in [5, 5.41) is 3.41. The molecular formula is C19H26N2S. The Kier molecular flexibility index (Phi) is 6.34. The smallest absolute Gasteiger partial charge is 0.0505 e. The van der Waals surface area contributed by atoms with Crippen molar-refractivity contribution in [1.82, 2.24) is 10.2 Å². The molecule has 0 spiro atoms. The van der Waals surface area contributed by atoms with Gasteiger partial charge >= 0.3 is 0 Å². The molecule has 0 aromatic heterocycles. The van der Waals surface area contributed by atoms with Crippen molar-refractivity contribution < 1.29 is 0 Å². The average molecular weight is 314 g/mol. The van der Waals surface area contributed by atoms with E-state index in [1.54, 1.807) is 0 Å². The van der Waals surface area contributed by atoms with Crippen molar-refractivity contribution in [3.05, 3.63) is 64.7 Å². The van der Waals surface area contributed by atoms with E-state index in [4.69, 9.17) is 0 Å². The van der Waals surface area contributed by atoms with Crippen LogP contribution in [0.3, 0.4) is 0 Å². The topological polar surface area (TPSA) is 15.3 Å². The van der Waals surface area contributed by atoms with Crippen molar-refractivity contribution in [2.24, 2.45) is 0 Å². The van der Waals surface area contributed by atoms with Crippen molar-refractivity contribution in [3.63, 3.8) is 0 Å². The quantitative estimate of drug-likeness (QED) is 0.645. The van der Waals surface area contributed by atoms with Crippen LogP contribution >= 0.6 is 11.8 Å². The van der Waals surface area contributed by atoms with Gasteiger partial charge in [0.15, 0.2) is 0 Å². The minimum Gasteiger partial charge on any atom is -0.368 e. The number of piperazine rings is 1. The highest BCUT2D eigenvalue weighted by Crippen LogP contribution is 2.34. The molecule has 0 unspecified atom stereocenters. The van der Waals surface area contributed by atoms with Crippen LogP contribution in [0.15, 0.2) is 58.5 Å². The molecule has 1 N–H and O–H groups in total. The van der Waals surface area contributed by atoms with Crippen molar-refractivity contribution in [2.75, 3.05) is 26.2 Å². The summed E-state index contributed by atoms with van der Waals surface area (Å²) < 4.78 is 0. The van der Waals surface area contributed by atoms with Crippen molar-refractivity contribution in [3.8, 4) is 0 Å². The molecule has 0 aliphatic carbocycles. The number of nitrogens with zero attached hydrogens (tertiary/aromatic N) is 1. The van der Waals surface area contributed by atoms with Gasteiger partial charge in [0.25, 0.3) is 0 Å². The van der Waals surface area contributed by atoms with Gasteiger partial charge in [-0.15, -0.1) is 0 Å². The fourth-order valence-corrected chi connectivity index (χ4v) is 3.62. The van der Waals surface area contributed by atoms with Gasteiger partial charge in [-0.2, -0.15) is 0 Å². The number of rotatable bonds is 5. The third-order valence-corrected chi connectivity index (χ3v) is 5.04. The molecule has 22 heavy (non-hydrogen) atoms. The summed E-state index contributed by atoms with van der Waals surface area (Å²) in [5.74, 6) is 0. The molecule has 1 aromatic carbocycles. The summed E-state index contributed by atoms with van der Waals surface area (Å²) in [6.07, 6.45) is 6.31. The van der Waals surface area contributed by atoms with Crippen molar-refractivity contribution >= 4 is 11.8 Å². The van der Waals surface area contributed by atoms with E-state index in [2.05, 4.69) is 67.9 Å². The minimum absolute atomic E-state index is 1.04. The number of benzene rings is 1. The fourth-order valence-electron chi connectivity index (χ4n) is 2.64. The Morgan fingerprint density at radius 3 is 2.59 bits per heavy atom. The van der Waals surface area contributed by atoms with E-state index in [9.17, 15) is 0 Å². The summed E-state index contributed by atoms with van der Waals surface area (Å²) in [7, 11) is 0. The van der Waals surface area contributed by atoms with Crippen LogP contribution in [0.5, 0.6) is 0 Å². The Labute approximate surface area is 139 Å². The van der Waals surface area contributed by atoms with E-state index in [-0.39, 0.29) is 0 Å². The van der Waals surface area contributed by atoms with E-state index in [1.165, 1.54) is 26.6 Å². The molecule has 1 saturated heterocycles. The van der Waals surface area contributed by atoms with Gasteiger partial charge < -0.3 is 10.2 Å². The fraction of sp³-hybridized carbons (Fsp3) is 0.368. The highest BCUT2D eigenvalue weighted by molar-refractivity contribution is 8.03. The Hall–Kier alpha value is -1.45. The van der Waals surface area contributed by atoms with E-state index in [0.29, 0.717) is 0 Å². The first kappa shape index (κ1) is 16.9. The predicted octanol–water partition coefficient (Wildman–Crippen LogP) is 4.27. The van der Waals surface area contributed by atoms with Crippen LogP contribution in [0.2, 0.25) is 0 Å². The summed E-state index contributed by atoms with van der Waals surface area (Å²) in [5.41, 5.74) is 3.91. The molecule has 0 saturated carbocycles. The lowest BCUT2D eigenvalue weighted by Gasteiger charge is -2.31. The molecule has 2 nitrogen and oxygen atoms in total. The van der Waals surface area contributed by atoms with Crippen LogP contribution in [0.4, 0.5) is 0 Å². The molecule has 1 fully saturated rings. The molecule has 118 valence electrons. The number of hydrogen-bond acceptors (Lipinski definition) is 3. The van der Waals surface area contributed by atoms with Gasteiger partial charge in [-0.05, 0) is 38.5 Å². The second-order valence-corrected chi connectivity index (χ2v) is 6.65. The molecule has 0 amide bonds. The SMILES string of the molecule is C=C/C(Sc1ccc(C)cc1C)=C(\C=C/C)N1CCNCC1. The number of aryl methyl sites for hydroxylation is 2. The number of allylic oxidation sites excluding steroid dienone is 3. The molecule has 2 rings (SSSR count). The monoisotopic (exact) mass is 314 g/mol. The highest BCUT2D eigenvalue weighted by atomic mass is 32.2.